The van der Waals surface area contributed by atoms with Gasteiger partial charge < -0.3 is 4.90 Å². The van der Waals surface area contributed by atoms with Crippen LogP contribution in [0.15, 0.2) is 47.1 Å². The smallest absolute Gasteiger partial charge is 0.233 e. The molecule has 23 heavy (non-hydrogen) atoms. The van der Waals surface area contributed by atoms with Crippen molar-refractivity contribution in [1.82, 2.24) is 14.9 Å². The zero-order valence-electron chi connectivity index (χ0n) is 13.0. The summed E-state index contributed by atoms with van der Waals surface area (Å²) in [7, 11) is 1.84. The van der Waals surface area contributed by atoms with Gasteiger partial charge in [0.1, 0.15) is 11.4 Å². The van der Waals surface area contributed by atoms with Gasteiger partial charge in [-0.3, -0.25) is 4.79 Å². The third-order valence-corrected chi connectivity index (χ3v) is 5.65. The van der Waals surface area contributed by atoms with E-state index in [1.54, 1.807) is 22.6 Å². The van der Waals surface area contributed by atoms with E-state index in [9.17, 15) is 4.79 Å². The van der Waals surface area contributed by atoms with E-state index in [1.807, 2.05) is 30.6 Å². The lowest BCUT2D eigenvalue weighted by molar-refractivity contribution is -0.127. The van der Waals surface area contributed by atoms with Crippen LogP contribution in [0.25, 0.3) is 10.2 Å². The number of aryl methyl sites for hydroxylation is 1. The Morgan fingerprint density at radius 1 is 1.26 bits per heavy atom. The summed E-state index contributed by atoms with van der Waals surface area (Å²) in [5.74, 6) is 0.480. The van der Waals surface area contributed by atoms with Gasteiger partial charge in [0.05, 0.1) is 16.0 Å². The van der Waals surface area contributed by atoms with Crippen molar-refractivity contribution in [1.29, 1.82) is 0 Å². The second-order valence-electron chi connectivity index (χ2n) is 5.28. The first-order chi connectivity index (χ1) is 11.1. The number of hydrogen-bond acceptors (Lipinski definition) is 5. The molecule has 1 aromatic carbocycles. The Hall–Kier alpha value is -1.92. The number of nitrogens with zero attached hydrogens (tertiary/aromatic N) is 3. The largest absolute Gasteiger partial charge is 0.341 e. The van der Waals surface area contributed by atoms with E-state index in [-0.39, 0.29) is 5.91 Å². The maximum Gasteiger partial charge on any atom is 0.233 e. The number of thiophene rings is 1. The molecular weight excluding hydrogens is 326 g/mol. The summed E-state index contributed by atoms with van der Waals surface area (Å²) < 4.78 is 1.05. The number of carbonyl (C=O) groups is 1. The molecule has 4 nitrogen and oxygen atoms in total. The Morgan fingerprint density at radius 3 is 2.91 bits per heavy atom. The second kappa shape index (κ2) is 7.10. The Bertz CT molecular complexity index is 831. The molecule has 0 aliphatic carbocycles. The van der Waals surface area contributed by atoms with Crippen molar-refractivity contribution < 1.29 is 4.79 Å². The molecule has 0 fully saturated rings. The molecule has 118 valence electrons. The first-order valence-electron chi connectivity index (χ1n) is 7.24. The topological polar surface area (TPSA) is 46.1 Å². The van der Waals surface area contributed by atoms with Crippen molar-refractivity contribution in [2.45, 2.75) is 18.5 Å². The van der Waals surface area contributed by atoms with E-state index in [0.717, 1.165) is 15.2 Å². The van der Waals surface area contributed by atoms with Gasteiger partial charge in [-0.05, 0) is 29.5 Å². The summed E-state index contributed by atoms with van der Waals surface area (Å²) >= 11 is 3.08. The van der Waals surface area contributed by atoms with Gasteiger partial charge in [-0.1, -0.05) is 36.0 Å². The van der Waals surface area contributed by atoms with Crippen molar-refractivity contribution in [3.05, 3.63) is 53.2 Å². The average molecular weight is 343 g/mol. The molecule has 0 bridgehead atoms. The van der Waals surface area contributed by atoms with Gasteiger partial charge in [-0.2, -0.15) is 0 Å². The van der Waals surface area contributed by atoms with Crippen LogP contribution in [0.4, 0.5) is 0 Å². The Labute approximate surface area is 143 Å². The Kier molecular flexibility index (Phi) is 4.93. The van der Waals surface area contributed by atoms with Crippen LogP contribution >= 0.6 is 23.1 Å². The summed E-state index contributed by atoms with van der Waals surface area (Å²) in [4.78, 5) is 22.7. The molecule has 0 atom stereocenters. The highest BCUT2D eigenvalue weighted by Gasteiger charge is 2.13. The normalized spacial score (nSPS) is 10.9. The number of thioether (sulfide) groups is 1. The molecule has 0 saturated carbocycles. The zero-order valence-corrected chi connectivity index (χ0v) is 14.7. The average Bonchev–Trinajstić information content (AvgIpc) is 3.03. The van der Waals surface area contributed by atoms with Crippen LogP contribution in [0.3, 0.4) is 0 Å². The Balaban J connectivity index is 1.63. The fourth-order valence-electron chi connectivity index (χ4n) is 2.24. The molecule has 0 aliphatic rings. The van der Waals surface area contributed by atoms with Gasteiger partial charge in [-0.15, -0.1) is 11.3 Å². The maximum absolute atomic E-state index is 12.4. The van der Waals surface area contributed by atoms with Crippen molar-refractivity contribution in [2.24, 2.45) is 0 Å². The molecule has 0 unspecified atom stereocenters. The molecule has 0 spiro atoms. The predicted molar refractivity (Wildman–Crippen MR) is 95.8 cm³/mol. The molecule has 6 heteroatoms. The lowest BCUT2D eigenvalue weighted by Gasteiger charge is -2.18. The van der Waals surface area contributed by atoms with Crippen molar-refractivity contribution in [3.8, 4) is 0 Å². The van der Waals surface area contributed by atoms with Gasteiger partial charge in [-0.25, -0.2) is 9.97 Å². The number of hydrogen-bond donors (Lipinski definition) is 0. The van der Waals surface area contributed by atoms with Crippen LogP contribution in [-0.2, 0) is 11.3 Å². The van der Waals surface area contributed by atoms with Gasteiger partial charge >= 0.3 is 0 Å². The van der Waals surface area contributed by atoms with Crippen LogP contribution in [0.1, 0.15) is 11.1 Å². The summed E-state index contributed by atoms with van der Waals surface area (Å²) in [5.41, 5.74) is 3.32. The third kappa shape index (κ3) is 3.71. The van der Waals surface area contributed by atoms with E-state index >= 15 is 0 Å². The molecule has 0 aliphatic heterocycles. The van der Waals surface area contributed by atoms with E-state index in [0.29, 0.717) is 12.3 Å². The Morgan fingerprint density at radius 2 is 2.09 bits per heavy atom. The summed E-state index contributed by atoms with van der Waals surface area (Å²) in [6, 6.07) is 10.1. The van der Waals surface area contributed by atoms with Crippen LogP contribution in [-0.4, -0.2) is 33.6 Å². The fraction of sp³-hybridized carbons (Fsp3) is 0.235. The highest BCUT2D eigenvalue weighted by atomic mass is 32.2. The number of benzene rings is 1. The highest BCUT2D eigenvalue weighted by Crippen LogP contribution is 2.28. The molecule has 0 saturated heterocycles. The number of amides is 1. The predicted octanol–water partition coefficient (Wildman–Crippen LogP) is 3.75. The van der Waals surface area contributed by atoms with Crippen LogP contribution in [0, 0.1) is 6.92 Å². The highest BCUT2D eigenvalue weighted by molar-refractivity contribution is 8.00. The summed E-state index contributed by atoms with van der Waals surface area (Å²) in [6.45, 7) is 2.70. The zero-order chi connectivity index (χ0) is 16.2. The molecule has 2 aromatic heterocycles. The van der Waals surface area contributed by atoms with Crippen LogP contribution in [0.2, 0.25) is 0 Å². The van der Waals surface area contributed by atoms with Crippen LogP contribution in [0.5, 0.6) is 0 Å². The molecule has 1 amide bonds. The first-order valence-corrected chi connectivity index (χ1v) is 9.11. The maximum atomic E-state index is 12.4. The van der Waals surface area contributed by atoms with Gasteiger partial charge in [0.2, 0.25) is 5.91 Å². The van der Waals surface area contributed by atoms with Crippen molar-refractivity contribution in [2.75, 3.05) is 12.8 Å². The van der Waals surface area contributed by atoms with Crippen molar-refractivity contribution in [3.63, 3.8) is 0 Å². The quantitative estimate of drug-likeness (QED) is 0.523. The summed E-state index contributed by atoms with van der Waals surface area (Å²) in [5, 5.41) is 2.87. The minimum Gasteiger partial charge on any atom is -0.341 e. The van der Waals surface area contributed by atoms with Gasteiger partial charge in [0.25, 0.3) is 0 Å². The van der Waals surface area contributed by atoms with Crippen molar-refractivity contribution >= 4 is 39.2 Å². The SMILES string of the molecule is Cc1ccccc1CN(C)C(=O)CSc1ncnc2ccsc12. The molecule has 0 N–H and O–H groups in total. The van der Waals surface area contributed by atoms with Gasteiger partial charge in [0, 0.05) is 13.6 Å². The molecule has 3 aromatic rings. The van der Waals surface area contributed by atoms with E-state index in [2.05, 4.69) is 29.0 Å². The van der Waals surface area contributed by atoms with Crippen LogP contribution < -0.4 is 0 Å². The molecule has 0 radical (unpaired) electrons. The minimum atomic E-state index is 0.0987. The lowest BCUT2D eigenvalue weighted by Crippen LogP contribution is -2.28. The third-order valence-electron chi connectivity index (χ3n) is 3.64. The number of carbonyl (C=O) groups excluding carboxylic acids is 1. The fourth-order valence-corrected chi connectivity index (χ4v) is 4.13. The monoisotopic (exact) mass is 343 g/mol. The second-order valence-corrected chi connectivity index (χ2v) is 7.16. The molecule has 2 heterocycles. The summed E-state index contributed by atoms with van der Waals surface area (Å²) in [6.07, 6.45) is 1.55. The standard InChI is InChI=1S/C17H17N3OS2/c1-12-5-3-4-6-13(12)9-20(2)15(21)10-23-17-16-14(7-8-22-16)18-11-19-17/h3-8,11H,9-10H2,1-2H3. The molecular formula is C17H17N3OS2. The lowest BCUT2D eigenvalue weighted by atomic mass is 10.1. The minimum absolute atomic E-state index is 0.0987. The number of fused-ring (bicyclic) bond motifs is 1. The van der Waals surface area contributed by atoms with E-state index < -0.39 is 0 Å². The van der Waals surface area contributed by atoms with E-state index in [4.69, 9.17) is 0 Å². The first kappa shape index (κ1) is 16.0. The van der Waals surface area contributed by atoms with Gasteiger partial charge in [0.15, 0.2) is 0 Å². The number of aromatic nitrogens is 2. The number of rotatable bonds is 5. The molecule has 3 rings (SSSR count). The van der Waals surface area contributed by atoms with E-state index in [1.165, 1.54) is 22.9 Å².